The number of halogens is 1. The van der Waals surface area contributed by atoms with E-state index in [1.165, 1.54) is 38.9 Å². The fraction of sp³-hybridized carbons (Fsp3) is 0.516. The summed E-state index contributed by atoms with van der Waals surface area (Å²) in [5.74, 6) is 0.0728. The van der Waals surface area contributed by atoms with Crippen LogP contribution in [-0.2, 0) is 19.3 Å². The molecule has 7 heteroatoms. The molecule has 6 nitrogen and oxygen atoms in total. The van der Waals surface area contributed by atoms with Gasteiger partial charge < -0.3 is 10.1 Å². The van der Waals surface area contributed by atoms with Crippen molar-refractivity contribution in [2.75, 3.05) is 20.7 Å². The summed E-state index contributed by atoms with van der Waals surface area (Å²) in [4.78, 5) is 24.3. The summed E-state index contributed by atoms with van der Waals surface area (Å²) in [7, 11) is 2.95. The fourth-order valence-corrected chi connectivity index (χ4v) is 5.17. The lowest BCUT2D eigenvalue weighted by atomic mass is 10.0. The highest BCUT2D eigenvalue weighted by Crippen LogP contribution is 2.28. The number of carbonyl (C=O) groups excluding carboxylic acids is 1. The number of rotatable bonds is 13. The van der Waals surface area contributed by atoms with Crippen molar-refractivity contribution in [1.82, 2.24) is 15.2 Å². The van der Waals surface area contributed by atoms with Crippen molar-refractivity contribution < 1.29 is 13.9 Å². The van der Waals surface area contributed by atoms with Crippen molar-refractivity contribution in [3.63, 3.8) is 0 Å². The van der Waals surface area contributed by atoms with E-state index in [-0.39, 0.29) is 11.7 Å². The lowest BCUT2D eigenvalue weighted by Gasteiger charge is -2.34. The van der Waals surface area contributed by atoms with Gasteiger partial charge in [0, 0.05) is 37.4 Å². The number of carbonyl (C=O) groups is 1. The highest BCUT2D eigenvalue weighted by molar-refractivity contribution is 5.98. The third-order valence-corrected chi connectivity index (χ3v) is 7.67. The molecule has 1 aromatic heterocycles. The van der Waals surface area contributed by atoms with Crippen LogP contribution < -0.4 is 10.1 Å². The summed E-state index contributed by atoms with van der Waals surface area (Å²) < 4.78 is 20.1. The maximum absolute atomic E-state index is 14.9. The average Bonchev–Trinajstić information content (AvgIpc) is 3.48. The summed E-state index contributed by atoms with van der Waals surface area (Å²) in [5.41, 5.74) is 3.80. The number of hydrogen-bond donors (Lipinski definition) is 1. The maximum Gasteiger partial charge on any atom is 0.251 e. The third-order valence-electron chi connectivity index (χ3n) is 7.67. The molecule has 206 valence electrons. The van der Waals surface area contributed by atoms with Gasteiger partial charge >= 0.3 is 0 Å². The van der Waals surface area contributed by atoms with Gasteiger partial charge in [-0.15, -0.1) is 0 Å². The van der Waals surface area contributed by atoms with Gasteiger partial charge in [0.2, 0.25) is 0 Å². The van der Waals surface area contributed by atoms with E-state index in [1.54, 1.807) is 13.1 Å². The second kappa shape index (κ2) is 14.2. The molecule has 1 heterocycles. The number of nitrogens with one attached hydrogen (secondary N) is 1. The Morgan fingerprint density at radius 2 is 2.00 bits per heavy atom. The minimum atomic E-state index is -0.436. The Labute approximate surface area is 227 Å². The Balaban J connectivity index is 1.80. The number of hydrogen-bond acceptors (Lipinski definition) is 5. The molecule has 0 bridgehead atoms. The summed E-state index contributed by atoms with van der Waals surface area (Å²) in [6.45, 7) is 11.5. The molecule has 2 aromatic rings. The molecule has 1 unspecified atom stereocenters. The van der Waals surface area contributed by atoms with Crippen molar-refractivity contribution in [3.05, 3.63) is 65.1 Å². The third kappa shape index (κ3) is 7.28. The number of methoxy groups -OCH3 is 1. The van der Waals surface area contributed by atoms with Gasteiger partial charge in [0.25, 0.3) is 5.91 Å². The minimum Gasteiger partial charge on any atom is -0.494 e. The van der Waals surface area contributed by atoms with Crippen LogP contribution in [0.2, 0.25) is 0 Å². The Kier molecular flexibility index (Phi) is 11.0. The number of amides is 1. The minimum absolute atomic E-state index is 0.0687. The van der Waals surface area contributed by atoms with Crippen LogP contribution in [0, 0.1) is 5.82 Å². The van der Waals surface area contributed by atoms with E-state index in [2.05, 4.69) is 43.6 Å². The monoisotopic (exact) mass is 522 g/mol. The van der Waals surface area contributed by atoms with Crippen molar-refractivity contribution >= 4 is 17.4 Å². The van der Waals surface area contributed by atoms with E-state index in [1.807, 2.05) is 12.3 Å². The van der Waals surface area contributed by atoms with E-state index in [4.69, 9.17) is 14.7 Å². The van der Waals surface area contributed by atoms with Crippen LogP contribution in [0.4, 0.5) is 10.2 Å². The molecule has 1 fully saturated rings. The standard InChI is InChI=1S/C31H43FN4O2/c1-7-21(4)36(27-12-10-11-13-27)20-26(9-3)35-30-23(8-2)16-22(19-34-30)14-15-24-17-25(31(37)33-5)18-28(38-6)29(24)32/h9,16-19,21,27H,3,7-8,10-15,20H2,1-2,4-6H3,(H,33,37). The highest BCUT2D eigenvalue weighted by Gasteiger charge is 2.26. The second-order valence-electron chi connectivity index (χ2n) is 10.1. The van der Waals surface area contributed by atoms with Crippen LogP contribution in [-0.4, -0.2) is 54.3 Å². The number of aryl methyl sites for hydroxylation is 3. The van der Waals surface area contributed by atoms with Crippen LogP contribution in [0.15, 0.2) is 42.0 Å². The molecule has 1 amide bonds. The molecule has 0 spiro atoms. The number of pyridine rings is 1. The molecular weight excluding hydrogens is 479 g/mol. The number of ether oxygens (including phenoxy) is 1. The van der Waals surface area contributed by atoms with Gasteiger partial charge in [-0.2, -0.15) is 0 Å². The SMILES string of the molecule is C=CC(CN(C(C)CC)C1CCCC1)=Nc1ncc(CCc2cc(C(=O)NC)cc(OC)c2F)cc1CC. The maximum atomic E-state index is 14.9. The smallest absolute Gasteiger partial charge is 0.251 e. The zero-order valence-electron chi connectivity index (χ0n) is 23.6. The lowest BCUT2D eigenvalue weighted by Crippen LogP contribution is -2.43. The zero-order chi connectivity index (χ0) is 27.7. The molecule has 0 saturated heterocycles. The molecule has 0 radical (unpaired) electrons. The number of nitrogens with zero attached hydrogens (tertiary/aromatic N) is 3. The largest absolute Gasteiger partial charge is 0.494 e. The molecule has 38 heavy (non-hydrogen) atoms. The molecule has 1 aromatic carbocycles. The lowest BCUT2D eigenvalue weighted by molar-refractivity contribution is 0.0962. The normalized spacial score (nSPS) is 15.1. The highest BCUT2D eigenvalue weighted by atomic mass is 19.1. The Morgan fingerprint density at radius 1 is 1.26 bits per heavy atom. The van der Waals surface area contributed by atoms with Gasteiger partial charge in [-0.25, -0.2) is 14.4 Å². The molecule has 0 aliphatic heterocycles. The van der Waals surface area contributed by atoms with Gasteiger partial charge in [0.05, 0.1) is 12.8 Å². The van der Waals surface area contributed by atoms with Gasteiger partial charge in [0.1, 0.15) is 0 Å². The van der Waals surface area contributed by atoms with E-state index >= 15 is 0 Å². The molecule has 1 aliphatic rings. The van der Waals surface area contributed by atoms with E-state index in [0.717, 1.165) is 42.0 Å². The van der Waals surface area contributed by atoms with Gasteiger partial charge in [-0.05, 0) is 80.3 Å². The van der Waals surface area contributed by atoms with Crippen molar-refractivity contribution in [2.24, 2.45) is 4.99 Å². The number of aliphatic imine (C=N–C) groups is 1. The Hall–Kier alpha value is -3.06. The van der Waals surface area contributed by atoms with Crippen LogP contribution in [0.25, 0.3) is 0 Å². The van der Waals surface area contributed by atoms with Crippen molar-refractivity contribution in [2.45, 2.75) is 84.2 Å². The summed E-state index contributed by atoms with van der Waals surface area (Å²) >= 11 is 0. The quantitative estimate of drug-likeness (QED) is 0.316. The number of aromatic nitrogens is 1. The first-order valence-electron chi connectivity index (χ1n) is 13.9. The van der Waals surface area contributed by atoms with Crippen molar-refractivity contribution in [3.8, 4) is 5.75 Å². The topological polar surface area (TPSA) is 66.8 Å². The molecule has 1 atom stereocenters. The van der Waals surface area contributed by atoms with E-state index < -0.39 is 5.82 Å². The summed E-state index contributed by atoms with van der Waals surface area (Å²) in [6.07, 6.45) is 11.7. The molecule has 1 aliphatic carbocycles. The zero-order valence-corrected chi connectivity index (χ0v) is 23.6. The van der Waals surface area contributed by atoms with Gasteiger partial charge in [-0.1, -0.05) is 39.3 Å². The first kappa shape index (κ1) is 29.5. The van der Waals surface area contributed by atoms with Crippen molar-refractivity contribution in [1.29, 1.82) is 0 Å². The average molecular weight is 523 g/mol. The van der Waals surface area contributed by atoms with Crippen LogP contribution in [0.3, 0.4) is 0 Å². The fourth-order valence-electron chi connectivity index (χ4n) is 5.17. The van der Waals surface area contributed by atoms with Gasteiger partial charge in [0.15, 0.2) is 17.4 Å². The summed E-state index contributed by atoms with van der Waals surface area (Å²) in [6, 6.07) is 6.22. The molecule has 3 rings (SSSR count). The Bertz CT molecular complexity index is 1140. The van der Waals surface area contributed by atoms with Crippen LogP contribution in [0.1, 0.15) is 79.9 Å². The van der Waals surface area contributed by atoms with E-state index in [0.29, 0.717) is 36.1 Å². The van der Waals surface area contributed by atoms with Crippen LogP contribution >= 0.6 is 0 Å². The first-order chi connectivity index (χ1) is 18.3. The first-order valence-corrected chi connectivity index (χ1v) is 13.9. The predicted molar refractivity (Wildman–Crippen MR) is 153 cm³/mol. The van der Waals surface area contributed by atoms with E-state index in [9.17, 15) is 9.18 Å². The van der Waals surface area contributed by atoms with Crippen LogP contribution in [0.5, 0.6) is 5.75 Å². The Morgan fingerprint density at radius 3 is 2.61 bits per heavy atom. The second-order valence-corrected chi connectivity index (χ2v) is 10.1. The summed E-state index contributed by atoms with van der Waals surface area (Å²) in [5, 5.41) is 2.58. The predicted octanol–water partition coefficient (Wildman–Crippen LogP) is 6.24. The number of benzene rings is 1. The molecule has 1 N–H and O–H groups in total. The van der Waals surface area contributed by atoms with Gasteiger partial charge in [-0.3, -0.25) is 9.69 Å². The molecular formula is C31H43FN4O2. The molecule has 1 saturated carbocycles.